The number of benzene rings is 2. The molecule has 1 spiro atoms. The molecule has 2 aromatic rings. The Kier molecular flexibility index (Phi) is 6.82. The van der Waals surface area contributed by atoms with Gasteiger partial charge in [-0.2, -0.15) is 0 Å². The van der Waals surface area contributed by atoms with E-state index in [4.69, 9.17) is 14.2 Å². The number of methoxy groups -OCH3 is 3. The van der Waals surface area contributed by atoms with E-state index in [-0.39, 0.29) is 23.1 Å². The third kappa shape index (κ3) is 4.51. The Morgan fingerprint density at radius 1 is 0.889 bits per heavy atom. The van der Waals surface area contributed by atoms with Crippen LogP contribution in [0.3, 0.4) is 0 Å². The number of likely N-dealkylation sites (tertiary alicyclic amines) is 2. The van der Waals surface area contributed by atoms with Crippen LogP contribution in [0.4, 0.5) is 0 Å². The van der Waals surface area contributed by atoms with Gasteiger partial charge in [-0.3, -0.25) is 9.59 Å². The Morgan fingerprint density at radius 2 is 1.61 bits per heavy atom. The van der Waals surface area contributed by atoms with Gasteiger partial charge < -0.3 is 24.0 Å². The molecule has 36 heavy (non-hydrogen) atoms. The van der Waals surface area contributed by atoms with E-state index >= 15 is 0 Å². The number of rotatable bonds is 5. The summed E-state index contributed by atoms with van der Waals surface area (Å²) in [5.41, 5.74) is 3.14. The van der Waals surface area contributed by atoms with Crippen molar-refractivity contribution >= 4 is 11.8 Å². The molecule has 0 bridgehead atoms. The van der Waals surface area contributed by atoms with Gasteiger partial charge in [0.15, 0.2) is 0 Å². The topological polar surface area (TPSA) is 68.3 Å². The molecule has 0 radical (unpaired) electrons. The maximum Gasteiger partial charge on any atom is 0.257 e. The van der Waals surface area contributed by atoms with E-state index in [0.29, 0.717) is 30.2 Å². The van der Waals surface area contributed by atoms with E-state index in [0.717, 1.165) is 57.4 Å². The molecule has 2 fully saturated rings. The first-order chi connectivity index (χ1) is 17.5. The van der Waals surface area contributed by atoms with Crippen molar-refractivity contribution in [1.82, 2.24) is 9.80 Å². The fraction of sp³-hybridized carbons (Fsp3) is 0.517. The second-order valence-electron chi connectivity index (χ2n) is 10.4. The first kappa shape index (κ1) is 24.5. The zero-order valence-electron chi connectivity index (χ0n) is 21.5. The Morgan fingerprint density at radius 3 is 2.31 bits per heavy atom. The maximum absolute atomic E-state index is 13.5. The van der Waals surface area contributed by atoms with Crippen molar-refractivity contribution in [3.63, 3.8) is 0 Å². The van der Waals surface area contributed by atoms with Crippen LogP contribution in [0.1, 0.15) is 47.2 Å². The standard InChI is InChI=1S/C29H36N2O5/c1-34-22-9-10-26(36-3)24(18-22)28(33)30-14-11-29(12-15-30)13-16-31(19-29)27(32)21-8-7-20-5-4-6-25(35-2)23(20)17-21/h4-6,9-10,18,21H,7-8,11-17,19H2,1-3H3. The van der Waals surface area contributed by atoms with Gasteiger partial charge in [-0.25, -0.2) is 0 Å². The van der Waals surface area contributed by atoms with Gasteiger partial charge in [0.1, 0.15) is 17.2 Å². The number of carbonyl (C=O) groups excluding carboxylic acids is 2. The normalized spacial score (nSPS) is 20.7. The molecule has 2 amide bonds. The maximum atomic E-state index is 13.5. The largest absolute Gasteiger partial charge is 0.497 e. The second kappa shape index (κ2) is 10.0. The van der Waals surface area contributed by atoms with Gasteiger partial charge in [0, 0.05) is 32.1 Å². The Bertz CT molecular complexity index is 1120. The van der Waals surface area contributed by atoms with Crippen molar-refractivity contribution in [2.75, 3.05) is 47.5 Å². The number of piperidine rings is 1. The average Bonchev–Trinajstić information content (AvgIpc) is 3.34. The highest BCUT2D eigenvalue weighted by atomic mass is 16.5. The van der Waals surface area contributed by atoms with Crippen LogP contribution in [-0.4, -0.2) is 69.1 Å². The van der Waals surface area contributed by atoms with Gasteiger partial charge in [-0.05, 0) is 79.3 Å². The number of ether oxygens (including phenoxy) is 3. The van der Waals surface area contributed by atoms with Crippen molar-refractivity contribution in [1.29, 1.82) is 0 Å². The molecule has 1 aliphatic carbocycles. The van der Waals surface area contributed by atoms with Crippen molar-refractivity contribution in [3.8, 4) is 17.2 Å². The molecule has 2 heterocycles. The van der Waals surface area contributed by atoms with Gasteiger partial charge in [0.2, 0.25) is 5.91 Å². The third-order valence-electron chi connectivity index (χ3n) is 8.51. The van der Waals surface area contributed by atoms with E-state index < -0.39 is 0 Å². The third-order valence-corrected chi connectivity index (χ3v) is 8.51. The Balaban J connectivity index is 1.21. The van der Waals surface area contributed by atoms with Crippen molar-refractivity contribution in [2.24, 2.45) is 11.3 Å². The summed E-state index contributed by atoms with van der Waals surface area (Å²) >= 11 is 0. The van der Waals surface area contributed by atoms with Crippen molar-refractivity contribution in [3.05, 3.63) is 53.1 Å². The number of aryl methyl sites for hydroxylation is 1. The minimum atomic E-state index is -0.0265. The molecule has 2 aliphatic heterocycles. The summed E-state index contributed by atoms with van der Waals surface area (Å²) in [5, 5.41) is 0. The number of hydrogen-bond donors (Lipinski definition) is 0. The highest BCUT2D eigenvalue weighted by Crippen LogP contribution is 2.42. The second-order valence-corrected chi connectivity index (χ2v) is 10.4. The summed E-state index contributed by atoms with van der Waals surface area (Å²) in [7, 11) is 4.87. The first-order valence-electron chi connectivity index (χ1n) is 12.9. The summed E-state index contributed by atoms with van der Waals surface area (Å²) in [6, 6.07) is 11.5. The minimum absolute atomic E-state index is 0.0196. The molecule has 5 rings (SSSR count). The number of fused-ring (bicyclic) bond motifs is 1. The Labute approximate surface area is 213 Å². The van der Waals surface area contributed by atoms with Crippen LogP contribution >= 0.6 is 0 Å². The lowest BCUT2D eigenvalue weighted by Crippen LogP contribution is -2.45. The van der Waals surface area contributed by atoms with Gasteiger partial charge in [0.25, 0.3) is 5.91 Å². The van der Waals surface area contributed by atoms with Crippen LogP contribution in [0.5, 0.6) is 17.2 Å². The van der Waals surface area contributed by atoms with E-state index in [9.17, 15) is 9.59 Å². The Hall–Kier alpha value is -3.22. The molecule has 1 atom stereocenters. The van der Waals surface area contributed by atoms with E-state index in [1.54, 1.807) is 39.5 Å². The van der Waals surface area contributed by atoms with Gasteiger partial charge in [-0.1, -0.05) is 12.1 Å². The summed E-state index contributed by atoms with van der Waals surface area (Å²) in [4.78, 5) is 30.8. The summed E-state index contributed by atoms with van der Waals surface area (Å²) in [5.74, 6) is 2.37. The molecule has 2 saturated heterocycles. The SMILES string of the molecule is COc1ccc(OC)c(C(=O)N2CCC3(CC2)CCN(C(=O)C2CCc4cccc(OC)c4C2)C3)c1. The van der Waals surface area contributed by atoms with Crippen LogP contribution < -0.4 is 14.2 Å². The fourth-order valence-corrected chi connectivity index (χ4v) is 6.28. The lowest BCUT2D eigenvalue weighted by atomic mass is 9.77. The molecule has 7 heteroatoms. The predicted octanol–water partition coefficient (Wildman–Crippen LogP) is 3.97. The van der Waals surface area contributed by atoms with Crippen LogP contribution in [0.2, 0.25) is 0 Å². The first-order valence-corrected chi connectivity index (χ1v) is 12.9. The average molecular weight is 493 g/mol. The molecule has 0 N–H and O–H groups in total. The quantitative estimate of drug-likeness (QED) is 0.632. The molecule has 3 aliphatic rings. The summed E-state index contributed by atoms with van der Waals surface area (Å²) in [6.07, 6.45) is 5.41. The zero-order chi connectivity index (χ0) is 25.3. The zero-order valence-corrected chi connectivity index (χ0v) is 21.5. The minimum Gasteiger partial charge on any atom is -0.497 e. The predicted molar refractivity (Wildman–Crippen MR) is 137 cm³/mol. The summed E-state index contributed by atoms with van der Waals surface area (Å²) in [6.45, 7) is 2.99. The molecule has 0 aromatic heterocycles. The van der Waals surface area contributed by atoms with Crippen molar-refractivity contribution < 1.29 is 23.8 Å². The molecule has 192 valence electrons. The van der Waals surface area contributed by atoms with E-state index in [1.807, 2.05) is 17.0 Å². The molecule has 0 saturated carbocycles. The smallest absolute Gasteiger partial charge is 0.257 e. The van der Waals surface area contributed by atoms with Gasteiger partial charge >= 0.3 is 0 Å². The molecular formula is C29H36N2O5. The fourth-order valence-electron chi connectivity index (χ4n) is 6.28. The monoisotopic (exact) mass is 492 g/mol. The van der Waals surface area contributed by atoms with E-state index in [1.165, 1.54) is 11.1 Å². The number of carbonyl (C=O) groups is 2. The summed E-state index contributed by atoms with van der Waals surface area (Å²) < 4.78 is 16.3. The lowest BCUT2D eigenvalue weighted by molar-refractivity contribution is -0.135. The molecular weight excluding hydrogens is 456 g/mol. The highest BCUT2D eigenvalue weighted by Gasteiger charge is 2.44. The number of amides is 2. The van der Waals surface area contributed by atoms with Crippen molar-refractivity contribution in [2.45, 2.75) is 38.5 Å². The lowest BCUT2D eigenvalue weighted by Gasteiger charge is -2.39. The van der Waals surface area contributed by atoms with Crippen LogP contribution in [0.25, 0.3) is 0 Å². The van der Waals surface area contributed by atoms with E-state index in [2.05, 4.69) is 11.0 Å². The van der Waals surface area contributed by atoms with Gasteiger partial charge in [0.05, 0.1) is 26.9 Å². The molecule has 2 aromatic carbocycles. The van der Waals surface area contributed by atoms with Crippen LogP contribution in [-0.2, 0) is 17.6 Å². The molecule has 1 unspecified atom stereocenters. The van der Waals surface area contributed by atoms with Crippen LogP contribution in [0, 0.1) is 11.3 Å². The van der Waals surface area contributed by atoms with Crippen LogP contribution in [0.15, 0.2) is 36.4 Å². The number of nitrogens with zero attached hydrogens (tertiary/aromatic N) is 2. The number of hydrogen-bond acceptors (Lipinski definition) is 5. The molecule has 7 nitrogen and oxygen atoms in total. The highest BCUT2D eigenvalue weighted by molar-refractivity contribution is 5.97. The van der Waals surface area contributed by atoms with Gasteiger partial charge in [-0.15, -0.1) is 0 Å².